The molecule has 1 heteroatoms. The molecule has 0 unspecified atom stereocenters. The molecule has 1 nitrogen and oxygen atoms in total. The van der Waals surface area contributed by atoms with E-state index in [-0.39, 0.29) is 70.8 Å². The Balaban J connectivity index is 1.60. The molecule has 0 saturated heterocycles. The number of rotatable bonds is 5. The number of hydrogen-bond acceptors (Lipinski definition) is 1. The first-order valence-corrected chi connectivity index (χ1v) is 13.3. The van der Waals surface area contributed by atoms with Crippen LogP contribution in [0.1, 0.15) is 35.9 Å². The highest BCUT2D eigenvalue weighted by atomic mass is 15.1. The molecule has 0 amide bonds. The summed E-state index contributed by atoms with van der Waals surface area (Å²) in [6.45, 7) is 4.14. The van der Waals surface area contributed by atoms with Gasteiger partial charge < -0.3 is 4.90 Å². The molecule has 6 aromatic rings. The average Bonchev–Trinajstić information content (AvgIpc) is 3.33. The molecule has 0 spiro atoms. The third-order valence-electron chi connectivity index (χ3n) is 7.59. The van der Waals surface area contributed by atoms with Crippen LogP contribution in [0.5, 0.6) is 0 Å². The van der Waals surface area contributed by atoms with E-state index in [2.05, 4.69) is 19.9 Å². The first-order chi connectivity index (χ1) is 23.0. The fourth-order valence-electron chi connectivity index (χ4n) is 5.69. The summed E-state index contributed by atoms with van der Waals surface area (Å²) >= 11 is 0. The van der Waals surface area contributed by atoms with Crippen LogP contribution in [0, 0.1) is 0 Å². The summed E-state index contributed by atoms with van der Waals surface area (Å²) in [7, 11) is 0. The highest BCUT2D eigenvalue weighted by molar-refractivity contribution is 5.91. The van der Waals surface area contributed by atoms with Gasteiger partial charge in [-0.2, -0.15) is 0 Å². The van der Waals surface area contributed by atoms with Crippen molar-refractivity contribution >= 4 is 17.1 Å². The summed E-state index contributed by atoms with van der Waals surface area (Å²) in [5.74, 6) is 0. The van der Waals surface area contributed by atoms with E-state index in [0.29, 0.717) is 16.8 Å². The SMILES string of the molecule is [2H]c1c([2H])c(N(c2cccc3c2C(C)(C)c2ccccc2-3)c2c([2H])c([2H])c(-c3ccccc3)c([2H])c2[2H])c([2H])c([2H])c1-c1ccccc1. The summed E-state index contributed by atoms with van der Waals surface area (Å²) in [6.07, 6.45) is 0. The van der Waals surface area contributed by atoms with Crippen molar-refractivity contribution in [1.29, 1.82) is 0 Å². The summed E-state index contributed by atoms with van der Waals surface area (Å²) in [6, 6.07) is 28.8. The molecule has 0 aromatic heterocycles. The maximum absolute atomic E-state index is 9.35. The fraction of sp³-hybridized carbons (Fsp3) is 0.0769. The first kappa shape index (κ1) is 16.9. The number of fused-ring (bicyclic) bond motifs is 3. The molecule has 7 rings (SSSR count). The van der Waals surface area contributed by atoms with Gasteiger partial charge in [-0.25, -0.2) is 0 Å². The lowest BCUT2D eigenvalue weighted by Crippen LogP contribution is -2.20. The van der Waals surface area contributed by atoms with Gasteiger partial charge in [0.25, 0.3) is 0 Å². The maximum atomic E-state index is 9.35. The molecule has 40 heavy (non-hydrogen) atoms. The van der Waals surface area contributed by atoms with Gasteiger partial charge in [0.1, 0.15) is 0 Å². The highest BCUT2D eigenvalue weighted by Crippen LogP contribution is 2.54. The Morgan fingerprint density at radius 2 is 0.950 bits per heavy atom. The minimum atomic E-state index is -0.593. The molecule has 0 aliphatic heterocycles. The molecule has 1 aliphatic rings. The Morgan fingerprint density at radius 3 is 1.50 bits per heavy atom. The normalized spacial score (nSPS) is 15.8. The lowest BCUT2D eigenvalue weighted by molar-refractivity contribution is 0.661. The molecule has 0 N–H and O–H groups in total. The second kappa shape index (κ2) is 9.70. The van der Waals surface area contributed by atoms with E-state index in [4.69, 9.17) is 5.48 Å². The van der Waals surface area contributed by atoms with Gasteiger partial charge >= 0.3 is 0 Å². The predicted molar refractivity (Wildman–Crippen MR) is 170 cm³/mol. The molecule has 1 aliphatic carbocycles. The van der Waals surface area contributed by atoms with Gasteiger partial charge in [-0.15, -0.1) is 0 Å². The predicted octanol–water partition coefficient (Wildman–Crippen LogP) is 10.8. The van der Waals surface area contributed by atoms with Crippen molar-refractivity contribution in [2.24, 2.45) is 0 Å². The van der Waals surface area contributed by atoms with E-state index in [1.807, 2.05) is 42.5 Å². The van der Waals surface area contributed by atoms with E-state index in [1.165, 1.54) is 4.90 Å². The van der Waals surface area contributed by atoms with Crippen LogP contribution < -0.4 is 4.90 Å². The van der Waals surface area contributed by atoms with Crippen LogP contribution in [0.15, 0.2) is 151 Å². The number of nitrogens with zero attached hydrogens (tertiary/aromatic N) is 1. The van der Waals surface area contributed by atoms with Crippen LogP contribution in [0.2, 0.25) is 0 Å². The van der Waals surface area contributed by atoms with Crippen molar-refractivity contribution in [3.63, 3.8) is 0 Å². The number of hydrogen-bond donors (Lipinski definition) is 0. The van der Waals surface area contributed by atoms with E-state index in [1.54, 1.807) is 54.6 Å². The van der Waals surface area contributed by atoms with Crippen LogP contribution in [0.25, 0.3) is 33.4 Å². The van der Waals surface area contributed by atoms with E-state index in [9.17, 15) is 5.48 Å². The Bertz CT molecular complexity index is 2080. The van der Waals surface area contributed by atoms with Crippen molar-refractivity contribution in [3.8, 4) is 33.4 Å². The standard InChI is InChI=1S/C39H31N/c1-39(2)36-18-10-9-16-34(36)35-17-11-19-37(38(35)39)40(32-24-20-30(21-25-32)28-12-5-3-6-13-28)33-26-22-31(23-27-33)29-14-7-4-8-15-29/h3-27H,1-2H3/i20D,21D,22D,23D,24D,25D,26D,27D. The van der Waals surface area contributed by atoms with Gasteiger partial charge in [0.2, 0.25) is 0 Å². The summed E-state index contributed by atoms with van der Waals surface area (Å²) < 4.78 is 73.9. The van der Waals surface area contributed by atoms with Gasteiger partial charge in [-0.05, 0) is 74.7 Å². The van der Waals surface area contributed by atoms with Crippen molar-refractivity contribution in [2.45, 2.75) is 19.3 Å². The third kappa shape index (κ3) is 4.03. The molecule has 0 atom stereocenters. The largest absolute Gasteiger partial charge is 0.310 e. The lowest BCUT2D eigenvalue weighted by atomic mass is 9.81. The fourth-order valence-corrected chi connectivity index (χ4v) is 5.69. The van der Waals surface area contributed by atoms with Crippen LogP contribution >= 0.6 is 0 Å². The third-order valence-corrected chi connectivity index (χ3v) is 7.59. The van der Waals surface area contributed by atoms with Crippen molar-refractivity contribution in [2.75, 3.05) is 4.90 Å². The molecular weight excluding hydrogens is 482 g/mol. The lowest BCUT2D eigenvalue weighted by Gasteiger charge is -2.32. The van der Waals surface area contributed by atoms with Crippen LogP contribution in [0.4, 0.5) is 17.1 Å². The zero-order chi connectivity index (χ0) is 34.1. The van der Waals surface area contributed by atoms with Gasteiger partial charge in [0, 0.05) is 16.8 Å². The highest BCUT2D eigenvalue weighted by Gasteiger charge is 2.38. The molecule has 6 aromatic carbocycles. The Labute approximate surface area is 248 Å². The van der Waals surface area contributed by atoms with E-state index < -0.39 is 5.41 Å². The monoisotopic (exact) mass is 521 g/mol. The second-order valence-electron chi connectivity index (χ2n) is 10.4. The van der Waals surface area contributed by atoms with Crippen molar-refractivity contribution < 1.29 is 11.0 Å². The van der Waals surface area contributed by atoms with Crippen molar-refractivity contribution in [1.82, 2.24) is 0 Å². The van der Waals surface area contributed by atoms with E-state index in [0.717, 1.165) is 22.3 Å². The summed E-state index contributed by atoms with van der Waals surface area (Å²) in [5, 5.41) is 0. The van der Waals surface area contributed by atoms with Gasteiger partial charge in [0.05, 0.1) is 16.7 Å². The molecule has 0 saturated carbocycles. The minimum Gasteiger partial charge on any atom is -0.310 e. The molecule has 0 heterocycles. The van der Waals surface area contributed by atoms with Gasteiger partial charge in [0.15, 0.2) is 0 Å². The second-order valence-corrected chi connectivity index (χ2v) is 10.4. The zero-order valence-electron chi connectivity index (χ0n) is 30.3. The van der Waals surface area contributed by atoms with Crippen LogP contribution in [0.3, 0.4) is 0 Å². The average molecular weight is 522 g/mol. The number of benzene rings is 6. The molecule has 0 fully saturated rings. The Hall–Kier alpha value is -4.88. The number of anilines is 3. The van der Waals surface area contributed by atoms with Gasteiger partial charge in [-0.1, -0.05) is 135 Å². The molecule has 0 bridgehead atoms. The zero-order valence-corrected chi connectivity index (χ0v) is 22.3. The quantitative estimate of drug-likeness (QED) is 0.218. The van der Waals surface area contributed by atoms with Crippen LogP contribution in [-0.2, 0) is 5.41 Å². The van der Waals surface area contributed by atoms with Crippen LogP contribution in [-0.4, -0.2) is 0 Å². The summed E-state index contributed by atoms with van der Waals surface area (Å²) in [4.78, 5) is 1.43. The molecular formula is C39H31N. The smallest absolute Gasteiger partial charge is 0.0645 e. The topological polar surface area (TPSA) is 3.24 Å². The molecule has 0 radical (unpaired) electrons. The maximum Gasteiger partial charge on any atom is 0.0645 e. The Morgan fingerprint density at radius 1 is 0.475 bits per heavy atom. The van der Waals surface area contributed by atoms with Gasteiger partial charge in [-0.3, -0.25) is 0 Å². The van der Waals surface area contributed by atoms with Crippen molar-refractivity contribution in [3.05, 3.63) is 163 Å². The summed E-state index contributed by atoms with van der Waals surface area (Å²) in [5.41, 5.74) is 4.68. The van der Waals surface area contributed by atoms with E-state index >= 15 is 0 Å². The minimum absolute atomic E-state index is 0.138. The first-order valence-electron chi connectivity index (χ1n) is 17.3. The molecule has 192 valence electrons. The Kier molecular flexibility index (Phi) is 4.11.